The van der Waals surface area contributed by atoms with Gasteiger partial charge >= 0.3 is 5.97 Å². The van der Waals surface area contributed by atoms with Crippen molar-refractivity contribution in [2.75, 3.05) is 19.7 Å². The van der Waals surface area contributed by atoms with Crippen molar-refractivity contribution in [2.45, 2.75) is 32.7 Å². The van der Waals surface area contributed by atoms with Crippen LogP contribution in [0.2, 0.25) is 0 Å². The number of carboxylic acid groups (broad SMARTS) is 1. The fourth-order valence-corrected chi connectivity index (χ4v) is 2.49. The highest BCUT2D eigenvalue weighted by atomic mass is 16.5. The zero-order valence-corrected chi connectivity index (χ0v) is 11.4. The third-order valence-corrected chi connectivity index (χ3v) is 3.45. The standard InChI is InChI=1S/C15H21NO3/c1-2-19-14-6-5-12-7-9-16(11-13(12)10-14)8-3-4-15(17)18/h5-6,10H,2-4,7-9,11H2,1H3,(H,17,18). The maximum absolute atomic E-state index is 10.5. The molecule has 0 unspecified atom stereocenters. The number of carboxylic acids is 1. The van der Waals surface area contributed by atoms with E-state index in [0.29, 0.717) is 6.61 Å². The van der Waals surface area contributed by atoms with Crippen LogP contribution in [-0.2, 0) is 17.8 Å². The molecule has 104 valence electrons. The average molecular weight is 263 g/mol. The Morgan fingerprint density at radius 1 is 1.42 bits per heavy atom. The van der Waals surface area contributed by atoms with Crippen LogP contribution in [0.4, 0.5) is 0 Å². The molecule has 0 spiro atoms. The van der Waals surface area contributed by atoms with Gasteiger partial charge in [0.25, 0.3) is 0 Å². The first-order chi connectivity index (χ1) is 9.19. The summed E-state index contributed by atoms with van der Waals surface area (Å²) in [6.45, 7) is 5.43. The summed E-state index contributed by atoms with van der Waals surface area (Å²) in [5, 5.41) is 8.66. The first-order valence-corrected chi connectivity index (χ1v) is 6.88. The lowest BCUT2D eigenvalue weighted by Crippen LogP contribution is -2.31. The van der Waals surface area contributed by atoms with Crippen LogP contribution in [0.3, 0.4) is 0 Å². The van der Waals surface area contributed by atoms with E-state index in [1.807, 2.05) is 13.0 Å². The molecule has 0 atom stereocenters. The van der Waals surface area contributed by atoms with Gasteiger partial charge in [-0.15, -0.1) is 0 Å². The molecule has 1 heterocycles. The number of hydrogen-bond donors (Lipinski definition) is 1. The second kappa shape index (κ2) is 6.57. The minimum atomic E-state index is -0.712. The predicted molar refractivity (Wildman–Crippen MR) is 73.5 cm³/mol. The summed E-state index contributed by atoms with van der Waals surface area (Å²) in [5.41, 5.74) is 2.70. The number of rotatable bonds is 6. The molecule has 0 saturated carbocycles. The molecule has 4 heteroatoms. The van der Waals surface area contributed by atoms with Crippen molar-refractivity contribution in [3.8, 4) is 5.75 Å². The lowest BCUT2D eigenvalue weighted by molar-refractivity contribution is -0.137. The Hall–Kier alpha value is -1.55. The Kier molecular flexibility index (Phi) is 4.80. The van der Waals surface area contributed by atoms with Gasteiger partial charge in [0.2, 0.25) is 0 Å². The second-order valence-corrected chi connectivity index (χ2v) is 4.89. The molecule has 1 N–H and O–H groups in total. The fraction of sp³-hybridized carbons (Fsp3) is 0.533. The Bertz CT molecular complexity index is 445. The zero-order chi connectivity index (χ0) is 13.7. The van der Waals surface area contributed by atoms with Gasteiger partial charge in [0, 0.05) is 19.5 Å². The van der Waals surface area contributed by atoms with Crippen LogP contribution < -0.4 is 4.74 Å². The largest absolute Gasteiger partial charge is 0.494 e. The Morgan fingerprint density at radius 2 is 2.26 bits per heavy atom. The maximum Gasteiger partial charge on any atom is 0.303 e. The molecule has 0 fully saturated rings. The third kappa shape index (κ3) is 3.96. The normalized spacial score (nSPS) is 15.0. The average Bonchev–Trinajstić information content (AvgIpc) is 2.38. The summed E-state index contributed by atoms with van der Waals surface area (Å²) in [6, 6.07) is 6.29. The first kappa shape index (κ1) is 13.9. The van der Waals surface area contributed by atoms with E-state index in [1.165, 1.54) is 11.1 Å². The first-order valence-electron chi connectivity index (χ1n) is 6.88. The molecule has 4 nitrogen and oxygen atoms in total. The summed E-state index contributed by atoms with van der Waals surface area (Å²) in [7, 11) is 0. The van der Waals surface area contributed by atoms with Gasteiger partial charge in [-0.3, -0.25) is 9.69 Å². The number of aliphatic carboxylic acids is 1. The molecule has 0 amide bonds. The molecular weight excluding hydrogens is 242 g/mol. The van der Waals surface area contributed by atoms with Gasteiger partial charge in [-0.05, 0) is 49.6 Å². The molecule has 0 aliphatic carbocycles. The van der Waals surface area contributed by atoms with Crippen LogP contribution >= 0.6 is 0 Å². The van der Waals surface area contributed by atoms with E-state index >= 15 is 0 Å². The smallest absolute Gasteiger partial charge is 0.303 e. The van der Waals surface area contributed by atoms with Crippen LogP contribution in [-0.4, -0.2) is 35.7 Å². The molecule has 1 aliphatic rings. The monoisotopic (exact) mass is 263 g/mol. The highest BCUT2D eigenvalue weighted by molar-refractivity contribution is 5.66. The molecule has 1 aliphatic heterocycles. The van der Waals surface area contributed by atoms with Crippen molar-refractivity contribution < 1.29 is 14.6 Å². The van der Waals surface area contributed by atoms with Crippen molar-refractivity contribution in [1.29, 1.82) is 0 Å². The van der Waals surface area contributed by atoms with Crippen LogP contribution in [0.5, 0.6) is 5.75 Å². The van der Waals surface area contributed by atoms with Gasteiger partial charge in [0.05, 0.1) is 6.61 Å². The Morgan fingerprint density at radius 3 is 3.00 bits per heavy atom. The molecule has 2 rings (SSSR count). The number of ether oxygens (including phenoxy) is 1. The minimum absolute atomic E-state index is 0.252. The van der Waals surface area contributed by atoms with E-state index in [0.717, 1.165) is 38.2 Å². The summed E-state index contributed by atoms with van der Waals surface area (Å²) in [4.78, 5) is 12.8. The Balaban J connectivity index is 1.93. The van der Waals surface area contributed by atoms with Gasteiger partial charge in [0.15, 0.2) is 0 Å². The third-order valence-electron chi connectivity index (χ3n) is 3.45. The molecule has 19 heavy (non-hydrogen) atoms. The predicted octanol–water partition coefficient (Wildman–Crippen LogP) is 2.31. The lowest BCUT2D eigenvalue weighted by Gasteiger charge is -2.28. The number of fused-ring (bicyclic) bond motifs is 1. The van der Waals surface area contributed by atoms with Crippen LogP contribution in [0.15, 0.2) is 18.2 Å². The summed E-state index contributed by atoms with van der Waals surface area (Å²) in [5.74, 6) is 0.213. The van der Waals surface area contributed by atoms with Gasteiger partial charge in [0.1, 0.15) is 5.75 Å². The Labute approximate surface area is 114 Å². The van der Waals surface area contributed by atoms with Crippen molar-refractivity contribution in [1.82, 2.24) is 4.90 Å². The molecule has 1 aromatic rings. The zero-order valence-electron chi connectivity index (χ0n) is 11.4. The molecule has 0 radical (unpaired) electrons. The SMILES string of the molecule is CCOc1ccc2c(c1)CN(CCCC(=O)O)CC2. The van der Waals surface area contributed by atoms with E-state index in [2.05, 4.69) is 17.0 Å². The van der Waals surface area contributed by atoms with Crippen LogP contribution in [0, 0.1) is 0 Å². The molecule has 1 aromatic carbocycles. The van der Waals surface area contributed by atoms with Gasteiger partial charge < -0.3 is 9.84 Å². The van der Waals surface area contributed by atoms with Gasteiger partial charge in [-0.1, -0.05) is 6.07 Å². The highest BCUT2D eigenvalue weighted by Gasteiger charge is 2.16. The number of nitrogens with zero attached hydrogens (tertiary/aromatic N) is 1. The summed E-state index contributed by atoms with van der Waals surface area (Å²) < 4.78 is 5.52. The second-order valence-electron chi connectivity index (χ2n) is 4.89. The van der Waals surface area contributed by atoms with Crippen molar-refractivity contribution in [3.63, 3.8) is 0 Å². The van der Waals surface area contributed by atoms with Crippen molar-refractivity contribution in [2.24, 2.45) is 0 Å². The molecule has 0 bridgehead atoms. The molecule has 0 aromatic heterocycles. The lowest BCUT2D eigenvalue weighted by atomic mass is 9.99. The van der Waals surface area contributed by atoms with Crippen molar-refractivity contribution in [3.05, 3.63) is 29.3 Å². The van der Waals surface area contributed by atoms with Crippen LogP contribution in [0.1, 0.15) is 30.9 Å². The van der Waals surface area contributed by atoms with E-state index in [-0.39, 0.29) is 6.42 Å². The highest BCUT2D eigenvalue weighted by Crippen LogP contribution is 2.24. The molecule has 0 saturated heterocycles. The molecular formula is C15H21NO3. The van der Waals surface area contributed by atoms with E-state index in [1.54, 1.807) is 0 Å². The number of hydrogen-bond acceptors (Lipinski definition) is 3. The number of benzene rings is 1. The van der Waals surface area contributed by atoms with Gasteiger partial charge in [-0.25, -0.2) is 0 Å². The number of carbonyl (C=O) groups is 1. The van der Waals surface area contributed by atoms with E-state index < -0.39 is 5.97 Å². The quantitative estimate of drug-likeness (QED) is 0.855. The fourth-order valence-electron chi connectivity index (χ4n) is 2.49. The minimum Gasteiger partial charge on any atom is -0.494 e. The van der Waals surface area contributed by atoms with Gasteiger partial charge in [-0.2, -0.15) is 0 Å². The van der Waals surface area contributed by atoms with Crippen molar-refractivity contribution >= 4 is 5.97 Å². The maximum atomic E-state index is 10.5. The summed E-state index contributed by atoms with van der Waals surface area (Å²) >= 11 is 0. The van der Waals surface area contributed by atoms with E-state index in [9.17, 15) is 4.79 Å². The summed E-state index contributed by atoms with van der Waals surface area (Å²) in [6.07, 6.45) is 2.01. The topological polar surface area (TPSA) is 49.8 Å². The van der Waals surface area contributed by atoms with Crippen LogP contribution in [0.25, 0.3) is 0 Å². The van der Waals surface area contributed by atoms with E-state index in [4.69, 9.17) is 9.84 Å².